The SMILES string of the molecule is O=S(=O)(NCc1ccnc2ccccc12)c1cccc(Cl)c1Cl. The van der Waals surface area contributed by atoms with Crippen molar-refractivity contribution in [1.29, 1.82) is 0 Å². The highest BCUT2D eigenvalue weighted by atomic mass is 35.5. The Morgan fingerprint density at radius 3 is 2.61 bits per heavy atom. The van der Waals surface area contributed by atoms with E-state index in [9.17, 15) is 8.42 Å². The molecule has 0 fully saturated rings. The van der Waals surface area contributed by atoms with E-state index in [1.54, 1.807) is 24.4 Å². The number of halogens is 2. The number of benzene rings is 2. The highest BCUT2D eigenvalue weighted by Gasteiger charge is 2.19. The molecule has 3 aromatic rings. The van der Waals surface area contributed by atoms with Crippen LogP contribution in [0, 0.1) is 0 Å². The lowest BCUT2D eigenvalue weighted by Gasteiger charge is -2.10. The first-order chi connectivity index (χ1) is 11.0. The first kappa shape index (κ1) is 16.2. The number of fused-ring (bicyclic) bond motifs is 1. The maximum atomic E-state index is 12.4. The van der Waals surface area contributed by atoms with Crippen molar-refractivity contribution in [3.05, 3.63) is 70.3 Å². The largest absolute Gasteiger partial charge is 0.256 e. The van der Waals surface area contributed by atoms with Crippen LogP contribution >= 0.6 is 23.2 Å². The van der Waals surface area contributed by atoms with Gasteiger partial charge in [0, 0.05) is 18.1 Å². The fourth-order valence-corrected chi connectivity index (χ4v) is 4.02. The van der Waals surface area contributed by atoms with Crippen LogP contribution in [-0.4, -0.2) is 13.4 Å². The summed E-state index contributed by atoms with van der Waals surface area (Å²) in [4.78, 5) is 4.22. The van der Waals surface area contributed by atoms with Gasteiger partial charge in [-0.05, 0) is 29.8 Å². The van der Waals surface area contributed by atoms with Gasteiger partial charge in [-0.15, -0.1) is 0 Å². The highest BCUT2D eigenvalue weighted by Crippen LogP contribution is 2.29. The number of hydrogen-bond donors (Lipinski definition) is 1. The second kappa shape index (κ2) is 6.45. The highest BCUT2D eigenvalue weighted by molar-refractivity contribution is 7.89. The van der Waals surface area contributed by atoms with Gasteiger partial charge in [0.1, 0.15) is 4.90 Å². The van der Waals surface area contributed by atoms with E-state index in [0.717, 1.165) is 16.5 Å². The lowest BCUT2D eigenvalue weighted by molar-refractivity contribution is 0.581. The summed E-state index contributed by atoms with van der Waals surface area (Å²) in [7, 11) is -3.77. The Hall–Kier alpha value is -1.66. The maximum Gasteiger partial charge on any atom is 0.242 e. The molecule has 23 heavy (non-hydrogen) atoms. The number of nitrogens with zero attached hydrogens (tertiary/aromatic N) is 1. The Bertz CT molecular complexity index is 969. The molecular weight excluding hydrogens is 355 g/mol. The quantitative estimate of drug-likeness (QED) is 0.758. The first-order valence-electron chi connectivity index (χ1n) is 6.75. The van der Waals surface area contributed by atoms with Crippen LogP contribution in [0.4, 0.5) is 0 Å². The molecule has 0 amide bonds. The Labute approximate surface area is 144 Å². The topological polar surface area (TPSA) is 59.1 Å². The van der Waals surface area contributed by atoms with E-state index in [4.69, 9.17) is 23.2 Å². The van der Waals surface area contributed by atoms with Crippen molar-refractivity contribution >= 4 is 44.1 Å². The summed E-state index contributed by atoms with van der Waals surface area (Å²) in [6, 6.07) is 13.8. The monoisotopic (exact) mass is 366 g/mol. The van der Waals surface area contributed by atoms with Gasteiger partial charge >= 0.3 is 0 Å². The summed E-state index contributed by atoms with van der Waals surface area (Å²) in [6.07, 6.45) is 1.65. The molecule has 4 nitrogen and oxygen atoms in total. The molecule has 7 heteroatoms. The van der Waals surface area contributed by atoms with Gasteiger partial charge in [-0.2, -0.15) is 0 Å². The second-order valence-electron chi connectivity index (χ2n) is 4.86. The van der Waals surface area contributed by atoms with E-state index in [0.29, 0.717) is 0 Å². The molecule has 3 rings (SSSR count). The number of nitrogens with one attached hydrogen (secondary N) is 1. The Morgan fingerprint density at radius 1 is 1.00 bits per heavy atom. The van der Waals surface area contributed by atoms with Crippen molar-refractivity contribution in [2.75, 3.05) is 0 Å². The summed E-state index contributed by atoms with van der Waals surface area (Å²) < 4.78 is 27.4. The van der Waals surface area contributed by atoms with Crippen molar-refractivity contribution in [2.24, 2.45) is 0 Å². The average molecular weight is 367 g/mol. The number of hydrogen-bond acceptors (Lipinski definition) is 3. The van der Waals surface area contributed by atoms with Gasteiger partial charge in [0.25, 0.3) is 0 Å². The molecule has 0 unspecified atom stereocenters. The number of sulfonamides is 1. The average Bonchev–Trinajstić information content (AvgIpc) is 2.55. The second-order valence-corrected chi connectivity index (χ2v) is 7.38. The fraction of sp³-hybridized carbons (Fsp3) is 0.0625. The zero-order valence-corrected chi connectivity index (χ0v) is 14.2. The molecule has 0 saturated heterocycles. The van der Waals surface area contributed by atoms with E-state index in [1.165, 1.54) is 6.07 Å². The molecule has 0 aliphatic rings. The summed E-state index contributed by atoms with van der Waals surface area (Å²) >= 11 is 11.9. The molecule has 2 aromatic carbocycles. The lowest BCUT2D eigenvalue weighted by atomic mass is 10.1. The number of rotatable bonds is 4. The van der Waals surface area contributed by atoms with Gasteiger partial charge in [-0.25, -0.2) is 13.1 Å². The van der Waals surface area contributed by atoms with Crippen molar-refractivity contribution in [3.63, 3.8) is 0 Å². The smallest absolute Gasteiger partial charge is 0.242 e. The zero-order valence-electron chi connectivity index (χ0n) is 11.8. The van der Waals surface area contributed by atoms with Crippen LogP contribution in [0.25, 0.3) is 10.9 Å². The Kier molecular flexibility index (Phi) is 4.55. The molecule has 0 saturated carbocycles. The van der Waals surface area contributed by atoms with Crippen LogP contribution < -0.4 is 4.72 Å². The summed E-state index contributed by atoms with van der Waals surface area (Å²) in [6.45, 7) is 0.133. The molecule has 0 aliphatic heterocycles. The molecule has 1 heterocycles. The summed E-state index contributed by atoms with van der Waals surface area (Å²) in [5.41, 5.74) is 1.64. The van der Waals surface area contributed by atoms with Crippen LogP contribution in [0.3, 0.4) is 0 Å². The molecule has 118 valence electrons. The van der Waals surface area contributed by atoms with Crippen LogP contribution in [-0.2, 0) is 16.6 Å². The summed E-state index contributed by atoms with van der Waals surface area (Å²) in [5, 5.41) is 1.11. The van der Waals surface area contributed by atoms with Gasteiger partial charge < -0.3 is 0 Å². The normalized spacial score (nSPS) is 11.7. The van der Waals surface area contributed by atoms with E-state index in [1.807, 2.05) is 24.3 Å². The van der Waals surface area contributed by atoms with Crippen molar-refractivity contribution in [3.8, 4) is 0 Å². The van der Waals surface area contributed by atoms with Gasteiger partial charge in [0.05, 0.1) is 15.6 Å². The van der Waals surface area contributed by atoms with Crippen molar-refractivity contribution in [2.45, 2.75) is 11.4 Å². The van der Waals surface area contributed by atoms with Crippen LogP contribution in [0.15, 0.2) is 59.6 Å². The summed E-state index contributed by atoms with van der Waals surface area (Å²) in [5.74, 6) is 0. The van der Waals surface area contributed by atoms with Crippen LogP contribution in [0.1, 0.15) is 5.56 Å². The van der Waals surface area contributed by atoms with E-state index < -0.39 is 10.0 Å². The number of aromatic nitrogens is 1. The number of pyridine rings is 1. The van der Waals surface area contributed by atoms with Gasteiger partial charge in [0.2, 0.25) is 10.0 Å². The minimum Gasteiger partial charge on any atom is -0.256 e. The molecular formula is C16H12Cl2N2O2S. The first-order valence-corrected chi connectivity index (χ1v) is 8.99. The standard InChI is InChI=1S/C16H12Cl2N2O2S/c17-13-5-3-7-15(16(13)18)23(21,22)20-10-11-8-9-19-14-6-2-1-4-12(11)14/h1-9,20H,10H2. The minimum absolute atomic E-state index is 0.0150. The molecule has 0 bridgehead atoms. The lowest BCUT2D eigenvalue weighted by Crippen LogP contribution is -2.23. The molecule has 0 aliphatic carbocycles. The molecule has 1 N–H and O–H groups in total. The molecule has 1 aromatic heterocycles. The van der Waals surface area contributed by atoms with Gasteiger partial charge in [0.15, 0.2) is 0 Å². The zero-order chi connectivity index (χ0) is 16.4. The van der Waals surface area contributed by atoms with Crippen LogP contribution in [0.2, 0.25) is 10.0 Å². The molecule has 0 atom stereocenters. The van der Waals surface area contributed by atoms with Gasteiger partial charge in [-0.1, -0.05) is 47.5 Å². The third-order valence-electron chi connectivity index (χ3n) is 3.40. The third kappa shape index (κ3) is 3.33. The Balaban J connectivity index is 1.91. The fourth-order valence-electron chi connectivity index (χ4n) is 2.25. The van der Waals surface area contributed by atoms with Crippen molar-refractivity contribution < 1.29 is 8.42 Å². The maximum absolute atomic E-state index is 12.4. The van der Waals surface area contributed by atoms with Crippen LogP contribution in [0.5, 0.6) is 0 Å². The Morgan fingerprint density at radius 2 is 1.78 bits per heavy atom. The van der Waals surface area contributed by atoms with E-state index >= 15 is 0 Å². The van der Waals surface area contributed by atoms with Gasteiger partial charge in [-0.3, -0.25) is 4.98 Å². The number of para-hydroxylation sites is 1. The van der Waals surface area contributed by atoms with Crippen molar-refractivity contribution in [1.82, 2.24) is 9.71 Å². The molecule has 0 radical (unpaired) electrons. The predicted molar refractivity (Wildman–Crippen MR) is 92.2 cm³/mol. The van der Waals surface area contributed by atoms with E-state index in [2.05, 4.69) is 9.71 Å². The van der Waals surface area contributed by atoms with E-state index in [-0.39, 0.29) is 21.5 Å². The minimum atomic E-state index is -3.77. The predicted octanol–water partition coefficient (Wildman–Crippen LogP) is 4.02. The third-order valence-corrected chi connectivity index (χ3v) is 5.77. The molecule has 0 spiro atoms.